The number of carbonyl (C=O) groups is 1. The number of nitrogens with zero attached hydrogens (tertiary/aromatic N) is 1. The van der Waals surface area contributed by atoms with Crippen LogP contribution < -0.4 is 0 Å². The third-order valence-electron chi connectivity index (χ3n) is 4.78. The van der Waals surface area contributed by atoms with Crippen molar-refractivity contribution in [1.82, 2.24) is 4.90 Å². The molecule has 3 rings (SSSR count). The van der Waals surface area contributed by atoms with Crippen molar-refractivity contribution in [2.24, 2.45) is 5.92 Å². The molecule has 24 heavy (non-hydrogen) atoms. The van der Waals surface area contributed by atoms with Crippen molar-refractivity contribution >= 4 is 17.2 Å². The van der Waals surface area contributed by atoms with Crippen LogP contribution in [0.15, 0.2) is 30.3 Å². The quantitative estimate of drug-likeness (QED) is 0.908. The number of amides is 1. The zero-order valence-electron chi connectivity index (χ0n) is 14.0. The van der Waals surface area contributed by atoms with E-state index in [0.29, 0.717) is 11.4 Å². The smallest absolute Gasteiger partial charge is 0.264 e. The average Bonchev–Trinajstić information content (AvgIpc) is 2.97. The minimum atomic E-state index is -0.264. The Bertz CT molecular complexity index is 725. The summed E-state index contributed by atoms with van der Waals surface area (Å²) in [7, 11) is 0. The lowest BCUT2D eigenvalue weighted by molar-refractivity contribution is 0.0493. The van der Waals surface area contributed by atoms with Crippen LogP contribution in [0.3, 0.4) is 0 Å². The summed E-state index contributed by atoms with van der Waals surface area (Å²) < 4.78 is 13.1. The SMILES string of the molecule is Cc1sc(C(=O)N2CC(CO)CCC2C)cc1-c1ccc(F)cc1. The highest BCUT2D eigenvalue weighted by Crippen LogP contribution is 2.33. The number of halogens is 1. The number of hydrogen-bond acceptors (Lipinski definition) is 3. The largest absolute Gasteiger partial charge is 0.396 e. The minimum Gasteiger partial charge on any atom is -0.396 e. The van der Waals surface area contributed by atoms with Crippen molar-refractivity contribution < 1.29 is 14.3 Å². The first-order valence-electron chi connectivity index (χ1n) is 8.27. The van der Waals surface area contributed by atoms with Crippen molar-refractivity contribution in [3.63, 3.8) is 0 Å². The molecule has 1 saturated heterocycles. The fraction of sp³-hybridized carbons (Fsp3) is 0.421. The summed E-state index contributed by atoms with van der Waals surface area (Å²) in [6, 6.07) is 8.45. The number of thiophene rings is 1. The van der Waals surface area contributed by atoms with Crippen LogP contribution in [0, 0.1) is 18.7 Å². The lowest BCUT2D eigenvalue weighted by Gasteiger charge is -2.37. The average molecular weight is 347 g/mol. The molecule has 3 nitrogen and oxygen atoms in total. The van der Waals surface area contributed by atoms with Gasteiger partial charge in [-0.3, -0.25) is 4.79 Å². The Balaban J connectivity index is 1.86. The molecule has 2 heterocycles. The van der Waals surface area contributed by atoms with Gasteiger partial charge in [0.2, 0.25) is 0 Å². The van der Waals surface area contributed by atoms with Crippen molar-refractivity contribution in [3.05, 3.63) is 45.9 Å². The number of benzene rings is 1. The zero-order chi connectivity index (χ0) is 17.3. The molecule has 1 aromatic heterocycles. The monoisotopic (exact) mass is 347 g/mol. The van der Waals surface area contributed by atoms with Crippen LogP contribution in [0.4, 0.5) is 4.39 Å². The van der Waals surface area contributed by atoms with Gasteiger partial charge >= 0.3 is 0 Å². The number of aliphatic hydroxyl groups excluding tert-OH is 1. The second-order valence-corrected chi connectivity index (χ2v) is 7.78. The van der Waals surface area contributed by atoms with Gasteiger partial charge in [0.15, 0.2) is 0 Å². The van der Waals surface area contributed by atoms with Gasteiger partial charge in [-0.25, -0.2) is 4.39 Å². The van der Waals surface area contributed by atoms with Gasteiger partial charge < -0.3 is 10.0 Å². The summed E-state index contributed by atoms with van der Waals surface area (Å²) in [6.45, 7) is 4.78. The van der Waals surface area contributed by atoms with E-state index >= 15 is 0 Å². The Labute approximate surface area is 145 Å². The van der Waals surface area contributed by atoms with E-state index in [9.17, 15) is 14.3 Å². The molecule has 1 amide bonds. The van der Waals surface area contributed by atoms with Gasteiger partial charge in [0.1, 0.15) is 5.82 Å². The molecule has 0 radical (unpaired) electrons. The number of aryl methyl sites for hydroxylation is 1. The molecule has 128 valence electrons. The molecule has 1 N–H and O–H groups in total. The summed E-state index contributed by atoms with van der Waals surface area (Å²) in [5.74, 6) is -0.0648. The van der Waals surface area contributed by atoms with Gasteiger partial charge in [-0.2, -0.15) is 0 Å². The molecular weight excluding hydrogens is 325 g/mol. The highest BCUT2D eigenvalue weighted by molar-refractivity contribution is 7.14. The predicted octanol–water partition coefficient (Wildman–Crippen LogP) is 4.10. The van der Waals surface area contributed by atoms with Crippen molar-refractivity contribution in [2.75, 3.05) is 13.2 Å². The highest BCUT2D eigenvalue weighted by atomic mass is 32.1. The fourth-order valence-electron chi connectivity index (χ4n) is 3.26. The maximum absolute atomic E-state index is 13.1. The summed E-state index contributed by atoms with van der Waals surface area (Å²) in [4.78, 5) is 16.6. The van der Waals surface area contributed by atoms with Crippen LogP contribution in [-0.2, 0) is 0 Å². The molecular formula is C19H22FNO2S. The molecule has 1 aromatic carbocycles. The van der Waals surface area contributed by atoms with Crippen LogP contribution in [0.2, 0.25) is 0 Å². The molecule has 0 saturated carbocycles. The number of carbonyl (C=O) groups excluding carboxylic acids is 1. The molecule has 5 heteroatoms. The van der Waals surface area contributed by atoms with Gasteiger partial charge in [-0.1, -0.05) is 12.1 Å². The number of rotatable bonds is 3. The van der Waals surface area contributed by atoms with Gasteiger partial charge in [-0.15, -0.1) is 11.3 Å². The van der Waals surface area contributed by atoms with E-state index in [0.717, 1.165) is 28.8 Å². The van der Waals surface area contributed by atoms with E-state index in [4.69, 9.17) is 0 Å². The molecule has 0 spiro atoms. The summed E-state index contributed by atoms with van der Waals surface area (Å²) in [5, 5.41) is 9.40. The lowest BCUT2D eigenvalue weighted by Crippen LogP contribution is -2.46. The normalized spacial score (nSPS) is 21.1. The minimum absolute atomic E-state index is 0.0297. The number of piperidine rings is 1. The topological polar surface area (TPSA) is 40.5 Å². The third-order valence-corrected chi connectivity index (χ3v) is 5.82. The number of aliphatic hydroxyl groups is 1. The van der Waals surface area contributed by atoms with E-state index < -0.39 is 0 Å². The van der Waals surface area contributed by atoms with Gasteiger partial charge in [-0.05, 0) is 61.9 Å². The number of likely N-dealkylation sites (tertiary alicyclic amines) is 1. The van der Waals surface area contributed by atoms with E-state index in [-0.39, 0.29) is 30.3 Å². The van der Waals surface area contributed by atoms with Crippen LogP contribution in [0.1, 0.15) is 34.3 Å². The second kappa shape index (κ2) is 7.03. The molecule has 1 fully saturated rings. The Hall–Kier alpha value is -1.72. The summed E-state index contributed by atoms with van der Waals surface area (Å²) >= 11 is 1.48. The maximum atomic E-state index is 13.1. The Kier molecular flexibility index (Phi) is 5.01. The number of hydrogen-bond donors (Lipinski definition) is 1. The molecule has 1 aliphatic heterocycles. The Morgan fingerprint density at radius 1 is 1.33 bits per heavy atom. The van der Waals surface area contributed by atoms with Crippen LogP contribution in [-0.4, -0.2) is 35.1 Å². The van der Waals surface area contributed by atoms with E-state index in [1.54, 1.807) is 12.1 Å². The van der Waals surface area contributed by atoms with Crippen LogP contribution in [0.5, 0.6) is 0 Å². The van der Waals surface area contributed by atoms with Gasteiger partial charge in [0.25, 0.3) is 5.91 Å². The zero-order valence-corrected chi connectivity index (χ0v) is 14.8. The van der Waals surface area contributed by atoms with E-state index in [2.05, 4.69) is 6.92 Å². The Morgan fingerprint density at radius 3 is 2.71 bits per heavy atom. The summed E-state index contributed by atoms with van der Waals surface area (Å²) in [5.41, 5.74) is 1.90. The molecule has 1 aliphatic rings. The molecule has 2 unspecified atom stereocenters. The van der Waals surface area contributed by atoms with E-state index in [1.807, 2.05) is 17.9 Å². The second-order valence-electron chi connectivity index (χ2n) is 6.52. The predicted molar refractivity (Wildman–Crippen MR) is 94.8 cm³/mol. The fourth-order valence-corrected chi connectivity index (χ4v) is 4.26. The van der Waals surface area contributed by atoms with Crippen LogP contribution in [0.25, 0.3) is 11.1 Å². The first-order valence-corrected chi connectivity index (χ1v) is 9.09. The standard InChI is InChI=1S/C19H22FNO2S/c1-12-3-4-14(11-22)10-21(12)19(23)18-9-17(13(2)24-18)15-5-7-16(20)8-6-15/h5-9,12,14,22H,3-4,10-11H2,1-2H3. The molecule has 0 aliphatic carbocycles. The Morgan fingerprint density at radius 2 is 2.04 bits per heavy atom. The molecule has 0 bridgehead atoms. The first-order chi connectivity index (χ1) is 11.5. The third kappa shape index (κ3) is 3.37. The van der Waals surface area contributed by atoms with Crippen LogP contribution >= 0.6 is 11.3 Å². The molecule has 2 aromatic rings. The van der Waals surface area contributed by atoms with Gasteiger partial charge in [0, 0.05) is 24.1 Å². The summed E-state index contributed by atoms with van der Waals surface area (Å²) in [6.07, 6.45) is 1.89. The highest BCUT2D eigenvalue weighted by Gasteiger charge is 2.30. The molecule has 2 atom stereocenters. The maximum Gasteiger partial charge on any atom is 0.264 e. The first kappa shape index (κ1) is 17.1. The van der Waals surface area contributed by atoms with Crippen molar-refractivity contribution in [3.8, 4) is 11.1 Å². The van der Waals surface area contributed by atoms with Crippen molar-refractivity contribution in [1.29, 1.82) is 0 Å². The lowest BCUT2D eigenvalue weighted by atomic mass is 9.94. The van der Waals surface area contributed by atoms with Crippen molar-refractivity contribution in [2.45, 2.75) is 32.7 Å². The van der Waals surface area contributed by atoms with E-state index in [1.165, 1.54) is 23.5 Å². The van der Waals surface area contributed by atoms with Gasteiger partial charge in [0.05, 0.1) is 4.88 Å².